The van der Waals surface area contributed by atoms with Crippen molar-refractivity contribution in [3.63, 3.8) is 0 Å². The van der Waals surface area contributed by atoms with Crippen molar-refractivity contribution in [3.05, 3.63) is 0 Å². The quantitative estimate of drug-likeness (QED) is 0.785. The van der Waals surface area contributed by atoms with Gasteiger partial charge in [-0.15, -0.1) is 0 Å². The summed E-state index contributed by atoms with van der Waals surface area (Å²) in [7, 11) is 0. The SMILES string of the molecule is CC(N)CCCC(C)CN1CCN2CCCC2C1. The molecule has 0 spiro atoms. The first kappa shape index (κ1) is 14.3. The molecular weight excluding hydrogens is 222 g/mol. The van der Waals surface area contributed by atoms with Crippen molar-refractivity contribution in [2.75, 3.05) is 32.7 Å². The van der Waals surface area contributed by atoms with E-state index in [0.29, 0.717) is 6.04 Å². The summed E-state index contributed by atoms with van der Waals surface area (Å²) in [6.45, 7) is 11.1. The van der Waals surface area contributed by atoms with Gasteiger partial charge in [0, 0.05) is 38.3 Å². The van der Waals surface area contributed by atoms with E-state index in [1.54, 1.807) is 0 Å². The molecule has 0 bridgehead atoms. The third-order valence-corrected chi connectivity index (χ3v) is 4.60. The number of nitrogens with zero attached hydrogens (tertiary/aromatic N) is 2. The van der Waals surface area contributed by atoms with Gasteiger partial charge in [0.05, 0.1) is 0 Å². The minimum atomic E-state index is 0.374. The Hall–Kier alpha value is -0.120. The van der Waals surface area contributed by atoms with Crippen molar-refractivity contribution >= 4 is 0 Å². The van der Waals surface area contributed by atoms with Gasteiger partial charge in [0.25, 0.3) is 0 Å². The summed E-state index contributed by atoms with van der Waals surface area (Å²) in [6, 6.07) is 1.24. The zero-order chi connectivity index (χ0) is 13.0. The van der Waals surface area contributed by atoms with Crippen molar-refractivity contribution in [1.82, 2.24) is 9.80 Å². The molecule has 0 aromatic heterocycles. The van der Waals surface area contributed by atoms with E-state index in [2.05, 4.69) is 23.6 Å². The van der Waals surface area contributed by atoms with Crippen LogP contribution in [0.2, 0.25) is 0 Å². The highest BCUT2D eigenvalue weighted by molar-refractivity contribution is 4.87. The van der Waals surface area contributed by atoms with E-state index in [0.717, 1.165) is 12.0 Å². The molecule has 106 valence electrons. The van der Waals surface area contributed by atoms with Crippen LogP contribution < -0.4 is 5.73 Å². The largest absolute Gasteiger partial charge is 0.328 e. The molecule has 3 heteroatoms. The summed E-state index contributed by atoms with van der Waals surface area (Å²) < 4.78 is 0. The molecule has 2 fully saturated rings. The minimum absolute atomic E-state index is 0.374. The van der Waals surface area contributed by atoms with Crippen molar-refractivity contribution in [3.8, 4) is 0 Å². The summed E-state index contributed by atoms with van der Waals surface area (Å²) in [4.78, 5) is 5.39. The first-order valence-electron chi connectivity index (χ1n) is 7.87. The molecule has 0 amide bonds. The Labute approximate surface area is 113 Å². The highest BCUT2D eigenvalue weighted by atomic mass is 15.3. The summed E-state index contributed by atoms with van der Waals surface area (Å²) in [5.41, 5.74) is 5.81. The number of hydrogen-bond acceptors (Lipinski definition) is 3. The van der Waals surface area contributed by atoms with Crippen LogP contribution in [0.5, 0.6) is 0 Å². The summed E-state index contributed by atoms with van der Waals surface area (Å²) in [5, 5.41) is 0. The van der Waals surface area contributed by atoms with Crippen LogP contribution in [0.15, 0.2) is 0 Å². The van der Waals surface area contributed by atoms with Crippen LogP contribution in [0, 0.1) is 5.92 Å². The average Bonchev–Trinajstić information content (AvgIpc) is 2.75. The van der Waals surface area contributed by atoms with E-state index in [1.807, 2.05) is 0 Å². The van der Waals surface area contributed by atoms with E-state index in [-0.39, 0.29) is 0 Å². The zero-order valence-electron chi connectivity index (χ0n) is 12.3. The second kappa shape index (κ2) is 6.88. The lowest BCUT2D eigenvalue weighted by Gasteiger charge is -2.38. The second-order valence-corrected chi connectivity index (χ2v) is 6.60. The van der Waals surface area contributed by atoms with Gasteiger partial charge in [-0.3, -0.25) is 4.90 Å². The Morgan fingerprint density at radius 3 is 2.78 bits per heavy atom. The Balaban J connectivity index is 1.63. The molecular formula is C15H31N3. The standard InChI is InChI=1S/C15H31N3/c1-13(5-3-6-14(2)16)11-17-9-10-18-8-4-7-15(18)12-17/h13-15H,3-12,16H2,1-2H3. The third kappa shape index (κ3) is 4.22. The van der Waals surface area contributed by atoms with E-state index >= 15 is 0 Å². The number of hydrogen-bond donors (Lipinski definition) is 1. The van der Waals surface area contributed by atoms with Crippen LogP contribution in [0.1, 0.15) is 46.0 Å². The molecule has 18 heavy (non-hydrogen) atoms. The molecule has 0 radical (unpaired) electrons. The fraction of sp³-hybridized carbons (Fsp3) is 1.00. The lowest BCUT2D eigenvalue weighted by atomic mass is 10.0. The maximum Gasteiger partial charge on any atom is 0.0224 e. The summed E-state index contributed by atoms with van der Waals surface area (Å²) >= 11 is 0. The third-order valence-electron chi connectivity index (χ3n) is 4.60. The predicted octanol–water partition coefficient (Wildman–Crippen LogP) is 1.92. The van der Waals surface area contributed by atoms with Gasteiger partial charge in [0.2, 0.25) is 0 Å². The van der Waals surface area contributed by atoms with Crippen molar-refractivity contribution in [2.24, 2.45) is 11.7 Å². The molecule has 0 aliphatic carbocycles. The average molecular weight is 253 g/mol. The van der Waals surface area contributed by atoms with Gasteiger partial charge in [-0.05, 0) is 45.1 Å². The monoisotopic (exact) mass is 253 g/mol. The van der Waals surface area contributed by atoms with Crippen LogP contribution in [0.3, 0.4) is 0 Å². The fourth-order valence-electron chi connectivity index (χ4n) is 3.54. The van der Waals surface area contributed by atoms with Crippen molar-refractivity contribution in [2.45, 2.75) is 58.0 Å². The van der Waals surface area contributed by atoms with E-state index < -0.39 is 0 Å². The Morgan fingerprint density at radius 1 is 1.17 bits per heavy atom. The van der Waals surface area contributed by atoms with Crippen LogP contribution in [0.25, 0.3) is 0 Å². The maximum absolute atomic E-state index is 5.81. The molecule has 2 rings (SSSR count). The van der Waals surface area contributed by atoms with Crippen LogP contribution in [-0.4, -0.2) is 54.6 Å². The van der Waals surface area contributed by atoms with Gasteiger partial charge in [-0.2, -0.15) is 0 Å². The molecule has 0 saturated carbocycles. The Bertz CT molecular complexity index is 242. The molecule has 2 aliphatic rings. The van der Waals surface area contributed by atoms with E-state index in [4.69, 9.17) is 5.73 Å². The molecule has 3 nitrogen and oxygen atoms in total. The first-order valence-corrected chi connectivity index (χ1v) is 7.87. The molecule has 3 atom stereocenters. The van der Waals surface area contributed by atoms with Crippen molar-refractivity contribution < 1.29 is 0 Å². The maximum atomic E-state index is 5.81. The van der Waals surface area contributed by atoms with Gasteiger partial charge in [-0.25, -0.2) is 0 Å². The van der Waals surface area contributed by atoms with Gasteiger partial charge in [0.15, 0.2) is 0 Å². The molecule has 0 aromatic carbocycles. The Morgan fingerprint density at radius 2 is 2.00 bits per heavy atom. The van der Waals surface area contributed by atoms with Gasteiger partial charge in [-0.1, -0.05) is 13.3 Å². The van der Waals surface area contributed by atoms with E-state index in [1.165, 1.54) is 64.8 Å². The number of fused-ring (bicyclic) bond motifs is 1. The van der Waals surface area contributed by atoms with Gasteiger partial charge < -0.3 is 10.6 Å². The van der Waals surface area contributed by atoms with E-state index in [9.17, 15) is 0 Å². The molecule has 2 aliphatic heterocycles. The smallest absolute Gasteiger partial charge is 0.0224 e. The van der Waals surface area contributed by atoms with Crippen LogP contribution in [-0.2, 0) is 0 Å². The highest BCUT2D eigenvalue weighted by Crippen LogP contribution is 2.22. The van der Waals surface area contributed by atoms with Crippen LogP contribution >= 0.6 is 0 Å². The van der Waals surface area contributed by atoms with Crippen LogP contribution in [0.4, 0.5) is 0 Å². The topological polar surface area (TPSA) is 32.5 Å². The predicted molar refractivity (Wildman–Crippen MR) is 77.7 cm³/mol. The summed E-state index contributed by atoms with van der Waals surface area (Å²) in [5.74, 6) is 0.830. The highest BCUT2D eigenvalue weighted by Gasteiger charge is 2.30. The lowest BCUT2D eigenvalue weighted by molar-refractivity contribution is 0.0923. The molecule has 0 aromatic rings. The van der Waals surface area contributed by atoms with Gasteiger partial charge >= 0.3 is 0 Å². The summed E-state index contributed by atoms with van der Waals surface area (Å²) in [6.07, 6.45) is 6.66. The zero-order valence-corrected chi connectivity index (χ0v) is 12.3. The van der Waals surface area contributed by atoms with Crippen molar-refractivity contribution in [1.29, 1.82) is 0 Å². The lowest BCUT2D eigenvalue weighted by Crippen LogP contribution is -2.50. The molecule has 2 saturated heterocycles. The Kier molecular flexibility index (Phi) is 5.46. The molecule has 2 N–H and O–H groups in total. The molecule has 3 unspecified atom stereocenters. The second-order valence-electron chi connectivity index (χ2n) is 6.60. The first-order chi connectivity index (χ1) is 8.65. The normalized spacial score (nSPS) is 29.2. The number of nitrogens with two attached hydrogens (primary N) is 1. The fourth-order valence-corrected chi connectivity index (χ4v) is 3.54. The number of piperazine rings is 1. The number of rotatable bonds is 6. The minimum Gasteiger partial charge on any atom is -0.328 e. The van der Waals surface area contributed by atoms with Gasteiger partial charge in [0.1, 0.15) is 0 Å². The molecule has 2 heterocycles.